The Labute approximate surface area is 148 Å². The van der Waals surface area contributed by atoms with Gasteiger partial charge in [0, 0.05) is 6.08 Å². The van der Waals surface area contributed by atoms with Crippen molar-refractivity contribution in [2.45, 2.75) is 19.8 Å². The Morgan fingerprint density at radius 1 is 1.00 bits per heavy atom. The number of hydrogen-bond acceptors (Lipinski definition) is 3. The molecule has 0 atom stereocenters. The molecule has 0 saturated carbocycles. The zero-order chi connectivity index (χ0) is 18.4. The number of anilines is 2. The van der Waals surface area contributed by atoms with E-state index in [1.165, 1.54) is 11.6 Å². The number of benzene rings is 2. The molecular formula is C19H22N2O3S. The number of amides is 1. The SMILES string of the molecule is CC(C)c1ccc(/C=C/C(=O)Nc2ccccc2NS(C)(=O)=O)cc1. The number of para-hydroxylation sites is 2. The van der Waals surface area contributed by atoms with E-state index < -0.39 is 10.0 Å². The molecule has 0 radical (unpaired) electrons. The van der Waals surface area contributed by atoms with Crippen molar-refractivity contribution < 1.29 is 13.2 Å². The predicted octanol–water partition coefficient (Wildman–Crippen LogP) is 3.83. The zero-order valence-corrected chi connectivity index (χ0v) is 15.3. The van der Waals surface area contributed by atoms with Crippen molar-refractivity contribution in [2.24, 2.45) is 0 Å². The molecule has 0 aliphatic heterocycles. The maximum absolute atomic E-state index is 12.1. The minimum absolute atomic E-state index is 0.327. The summed E-state index contributed by atoms with van der Waals surface area (Å²) in [6, 6.07) is 14.6. The molecule has 1 amide bonds. The van der Waals surface area contributed by atoms with Crippen molar-refractivity contribution in [3.8, 4) is 0 Å². The molecule has 0 bridgehead atoms. The topological polar surface area (TPSA) is 75.3 Å². The van der Waals surface area contributed by atoms with Crippen molar-refractivity contribution in [2.75, 3.05) is 16.3 Å². The van der Waals surface area contributed by atoms with Crippen LogP contribution in [0.25, 0.3) is 6.08 Å². The predicted molar refractivity (Wildman–Crippen MR) is 103 cm³/mol. The summed E-state index contributed by atoms with van der Waals surface area (Å²) in [7, 11) is -3.42. The van der Waals surface area contributed by atoms with E-state index in [-0.39, 0.29) is 5.91 Å². The maximum Gasteiger partial charge on any atom is 0.248 e. The summed E-state index contributed by atoms with van der Waals surface area (Å²) < 4.78 is 25.2. The third kappa shape index (κ3) is 6.08. The van der Waals surface area contributed by atoms with Gasteiger partial charge in [0.1, 0.15) is 0 Å². The van der Waals surface area contributed by atoms with Gasteiger partial charge in [-0.3, -0.25) is 9.52 Å². The van der Waals surface area contributed by atoms with Crippen LogP contribution in [0.2, 0.25) is 0 Å². The summed E-state index contributed by atoms with van der Waals surface area (Å²) in [6.45, 7) is 4.25. The Bertz CT molecular complexity index is 870. The van der Waals surface area contributed by atoms with E-state index in [1.807, 2.05) is 24.3 Å². The summed E-state index contributed by atoms with van der Waals surface area (Å²) in [5.74, 6) is 0.121. The Balaban J connectivity index is 2.07. The van der Waals surface area contributed by atoms with E-state index in [9.17, 15) is 13.2 Å². The Morgan fingerprint density at radius 2 is 1.60 bits per heavy atom. The number of carbonyl (C=O) groups is 1. The lowest BCUT2D eigenvalue weighted by Crippen LogP contribution is -2.14. The Kier molecular flexibility index (Phi) is 5.98. The van der Waals surface area contributed by atoms with Gasteiger partial charge in [0.05, 0.1) is 17.6 Å². The van der Waals surface area contributed by atoms with Gasteiger partial charge in [-0.05, 0) is 35.3 Å². The first kappa shape index (κ1) is 18.7. The maximum atomic E-state index is 12.1. The lowest BCUT2D eigenvalue weighted by Gasteiger charge is -2.10. The molecule has 0 spiro atoms. The van der Waals surface area contributed by atoms with Crippen LogP contribution in [0.1, 0.15) is 30.9 Å². The van der Waals surface area contributed by atoms with Gasteiger partial charge < -0.3 is 5.32 Å². The molecule has 2 rings (SSSR count). The van der Waals surface area contributed by atoms with Crippen molar-refractivity contribution in [3.05, 3.63) is 65.7 Å². The second-order valence-corrected chi connectivity index (χ2v) is 7.81. The molecule has 25 heavy (non-hydrogen) atoms. The quantitative estimate of drug-likeness (QED) is 0.771. The number of sulfonamides is 1. The van der Waals surface area contributed by atoms with Crippen LogP contribution in [0.4, 0.5) is 11.4 Å². The normalized spacial score (nSPS) is 11.7. The van der Waals surface area contributed by atoms with Crippen LogP contribution in [0, 0.1) is 0 Å². The van der Waals surface area contributed by atoms with Gasteiger partial charge in [0.25, 0.3) is 0 Å². The lowest BCUT2D eigenvalue weighted by molar-refractivity contribution is -0.111. The molecule has 0 saturated heterocycles. The van der Waals surface area contributed by atoms with Gasteiger partial charge in [-0.2, -0.15) is 0 Å². The molecule has 132 valence electrons. The van der Waals surface area contributed by atoms with E-state index in [4.69, 9.17) is 0 Å². The molecular weight excluding hydrogens is 336 g/mol. The summed E-state index contributed by atoms with van der Waals surface area (Å²) in [5, 5.41) is 2.68. The van der Waals surface area contributed by atoms with Gasteiger partial charge in [0.15, 0.2) is 0 Å². The van der Waals surface area contributed by atoms with Gasteiger partial charge in [-0.15, -0.1) is 0 Å². The van der Waals surface area contributed by atoms with Gasteiger partial charge in [-0.1, -0.05) is 50.2 Å². The van der Waals surface area contributed by atoms with Crippen LogP contribution in [-0.2, 0) is 14.8 Å². The monoisotopic (exact) mass is 358 g/mol. The highest BCUT2D eigenvalue weighted by molar-refractivity contribution is 7.92. The average molecular weight is 358 g/mol. The highest BCUT2D eigenvalue weighted by atomic mass is 32.2. The van der Waals surface area contributed by atoms with E-state index in [1.54, 1.807) is 30.3 Å². The van der Waals surface area contributed by atoms with Crippen LogP contribution in [0.5, 0.6) is 0 Å². The van der Waals surface area contributed by atoms with Crippen LogP contribution in [-0.4, -0.2) is 20.6 Å². The van der Waals surface area contributed by atoms with Gasteiger partial charge in [-0.25, -0.2) is 8.42 Å². The Morgan fingerprint density at radius 3 is 2.16 bits per heavy atom. The number of carbonyl (C=O) groups excluding carboxylic acids is 1. The highest BCUT2D eigenvalue weighted by Gasteiger charge is 2.08. The second kappa shape index (κ2) is 7.98. The standard InChI is InChI=1S/C19H22N2O3S/c1-14(2)16-11-8-15(9-12-16)10-13-19(22)20-17-6-4-5-7-18(17)21-25(3,23)24/h4-14,21H,1-3H3,(H,20,22)/b13-10+. The van der Waals surface area contributed by atoms with Crippen molar-refractivity contribution >= 4 is 33.4 Å². The van der Waals surface area contributed by atoms with Crippen LogP contribution in [0.3, 0.4) is 0 Å². The van der Waals surface area contributed by atoms with Crippen LogP contribution >= 0.6 is 0 Å². The molecule has 0 unspecified atom stereocenters. The fraction of sp³-hybridized carbons (Fsp3) is 0.211. The summed E-state index contributed by atoms with van der Waals surface area (Å²) >= 11 is 0. The molecule has 6 heteroatoms. The van der Waals surface area contributed by atoms with Gasteiger partial charge in [0.2, 0.25) is 15.9 Å². The fourth-order valence-electron chi connectivity index (χ4n) is 2.22. The minimum Gasteiger partial charge on any atom is -0.321 e. The Hall–Kier alpha value is -2.60. The van der Waals surface area contributed by atoms with Crippen LogP contribution < -0.4 is 10.0 Å². The molecule has 0 fully saturated rings. The number of nitrogens with one attached hydrogen (secondary N) is 2. The third-order valence-corrected chi connectivity index (χ3v) is 4.10. The summed E-state index contributed by atoms with van der Waals surface area (Å²) in [5.41, 5.74) is 2.88. The molecule has 0 aliphatic rings. The molecule has 2 N–H and O–H groups in total. The third-order valence-electron chi connectivity index (χ3n) is 3.51. The van der Waals surface area contributed by atoms with Gasteiger partial charge >= 0.3 is 0 Å². The first-order valence-corrected chi connectivity index (χ1v) is 9.79. The molecule has 2 aromatic carbocycles. The lowest BCUT2D eigenvalue weighted by atomic mass is 10.0. The largest absolute Gasteiger partial charge is 0.321 e. The molecule has 0 aliphatic carbocycles. The summed E-state index contributed by atoms with van der Waals surface area (Å²) in [6.07, 6.45) is 4.19. The van der Waals surface area contributed by atoms with Crippen molar-refractivity contribution in [1.29, 1.82) is 0 Å². The zero-order valence-electron chi connectivity index (χ0n) is 14.5. The number of rotatable bonds is 6. The molecule has 5 nitrogen and oxygen atoms in total. The van der Waals surface area contributed by atoms with Crippen LogP contribution in [0.15, 0.2) is 54.6 Å². The summed E-state index contributed by atoms with van der Waals surface area (Å²) in [4.78, 5) is 12.1. The first-order chi connectivity index (χ1) is 11.7. The average Bonchev–Trinajstić information content (AvgIpc) is 2.54. The molecule has 2 aromatic rings. The van der Waals surface area contributed by atoms with E-state index in [0.717, 1.165) is 11.8 Å². The van der Waals surface area contributed by atoms with Crippen molar-refractivity contribution in [3.63, 3.8) is 0 Å². The minimum atomic E-state index is -3.42. The highest BCUT2D eigenvalue weighted by Crippen LogP contribution is 2.22. The molecule has 0 heterocycles. The second-order valence-electron chi connectivity index (χ2n) is 6.06. The van der Waals surface area contributed by atoms with E-state index in [2.05, 4.69) is 23.9 Å². The number of hydrogen-bond donors (Lipinski definition) is 2. The first-order valence-electron chi connectivity index (χ1n) is 7.90. The smallest absolute Gasteiger partial charge is 0.248 e. The fourth-order valence-corrected chi connectivity index (χ4v) is 2.80. The molecule has 0 aromatic heterocycles. The van der Waals surface area contributed by atoms with E-state index >= 15 is 0 Å². The van der Waals surface area contributed by atoms with Crippen molar-refractivity contribution in [1.82, 2.24) is 0 Å². The van der Waals surface area contributed by atoms with E-state index in [0.29, 0.717) is 17.3 Å².